The van der Waals surface area contributed by atoms with Gasteiger partial charge in [-0.3, -0.25) is 14.5 Å². The molecule has 0 bridgehead atoms. The Kier molecular flexibility index (Phi) is 6.99. The molecule has 166 valence electrons. The van der Waals surface area contributed by atoms with Crippen molar-refractivity contribution >= 4 is 51.8 Å². The maximum atomic E-state index is 12.9. The summed E-state index contributed by atoms with van der Waals surface area (Å²) >= 11 is 3.30. The van der Waals surface area contributed by atoms with Gasteiger partial charge >= 0.3 is 5.97 Å². The number of nitrogens with zero attached hydrogens (tertiary/aromatic N) is 2. The van der Waals surface area contributed by atoms with E-state index < -0.39 is 5.97 Å². The molecule has 32 heavy (non-hydrogen) atoms. The molecule has 2 aromatic heterocycles. The molecular formula is C23H23N3O4S2. The van der Waals surface area contributed by atoms with Crippen LogP contribution >= 0.6 is 22.7 Å². The van der Waals surface area contributed by atoms with Crippen LogP contribution in [-0.2, 0) is 22.4 Å². The average molecular weight is 470 g/mol. The van der Waals surface area contributed by atoms with Gasteiger partial charge in [-0.2, -0.15) is 0 Å². The van der Waals surface area contributed by atoms with E-state index in [1.54, 1.807) is 33.6 Å². The highest BCUT2D eigenvalue weighted by molar-refractivity contribution is 7.10. The van der Waals surface area contributed by atoms with Gasteiger partial charge in [0, 0.05) is 22.8 Å². The van der Waals surface area contributed by atoms with Crippen LogP contribution < -0.4 is 15.1 Å². The molecule has 1 aromatic carbocycles. The first kappa shape index (κ1) is 22.2. The van der Waals surface area contributed by atoms with Crippen LogP contribution in [-0.4, -0.2) is 49.1 Å². The zero-order valence-corrected chi connectivity index (χ0v) is 19.0. The average Bonchev–Trinajstić information content (AvgIpc) is 3.49. The predicted octanol–water partition coefficient (Wildman–Crippen LogP) is 3.26. The number of carboxylic acid groups (broad SMARTS) is 1. The first-order valence-electron chi connectivity index (χ1n) is 10.3. The Morgan fingerprint density at radius 2 is 1.72 bits per heavy atom. The summed E-state index contributed by atoms with van der Waals surface area (Å²) in [5, 5.41) is 16.6. The Bertz CT molecular complexity index is 1100. The highest BCUT2D eigenvalue weighted by Gasteiger charge is 2.33. The van der Waals surface area contributed by atoms with Gasteiger partial charge < -0.3 is 15.3 Å². The van der Waals surface area contributed by atoms with Crippen molar-refractivity contribution in [2.24, 2.45) is 0 Å². The highest BCUT2D eigenvalue weighted by atomic mass is 32.1. The second kappa shape index (κ2) is 10.1. The summed E-state index contributed by atoms with van der Waals surface area (Å²) in [6.07, 6.45) is 1.52. The van der Waals surface area contributed by atoms with Crippen molar-refractivity contribution in [1.82, 2.24) is 5.32 Å². The van der Waals surface area contributed by atoms with E-state index in [4.69, 9.17) is 0 Å². The van der Waals surface area contributed by atoms with Crippen LogP contribution in [0.2, 0.25) is 0 Å². The molecule has 2 N–H and O–H groups in total. The van der Waals surface area contributed by atoms with E-state index in [-0.39, 0.29) is 30.5 Å². The molecule has 9 heteroatoms. The molecule has 3 aromatic rings. The zero-order chi connectivity index (χ0) is 22.5. The van der Waals surface area contributed by atoms with Gasteiger partial charge in [-0.1, -0.05) is 12.1 Å². The fourth-order valence-corrected chi connectivity index (χ4v) is 5.05. The number of thiophene rings is 2. The smallest absolute Gasteiger partial charge is 0.335 e. The van der Waals surface area contributed by atoms with Crippen molar-refractivity contribution < 1.29 is 19.5 Å². The lowest BCUT2D eigenvalue weighted by atomic mass is 10.1. The number of carbonyl (C=O) groups excluding carboxylic acids is 2. The Morgan fingerprint density at radius 3 is 2.38 bits per heavy atom. The third-order valence-corrected chi connectivity index (χ3v) is 7.14. The van der Waals surface area contributed by atoms with Crippen LogP contribution in [0.5, 0.6) is 0 Å². The summed E-state index contributed by atoms with van der Waals surface area (Å²) in [7, 11) is 0. The van der Waals surface area contributed by atoms with Crippen LogP contribution in [0.1, 0.15) is 20.1 Å². The normalized spacial score (nSPS) is 13.3. The van der Waals surface area contributed by atoms with Crippen LogP contribution in [0.3, 0.4) is 0 Å². The summed E-state index contributed by atoms with van der Waals surface area (Å²) in [5.74, 6) is -1.51. The summed E-state index contributed by atoms with van der Waals surface area (Å²) < 4.78 is 0. The molecule has 1 aliphatic rings. The number of carbonyl (C=O) groups is 3. The molecule has 7 nitrogen and oxygen atoms in total. The Labute approximate surface area is 193 Å². The largest absolute Gasteiger partial charge is 0.478 e. The molecule has 3 heterocycles. The van der Waals surface area contributed by atoms with Crippen molar-refractivity contribution in [2.45, 2.75) is 12.8 Å². The van der Waals surface area contributed by atoms with E-state index >= 15 is 0 Å². The molecule has 0 aliphatic carbocycles. The van der Waals surface area contributed by atoms with Crippen molar-refractivity contribution in [2.75, 3.05) is 36.0 Å². The predicted molar refractivity (Wildman–Crippen MR) is 127 cm³/mol. The lowest BCUT2D eigenvalue weighted by Crippen LogP contribution is -2.50. The molecule has 0 atom stereocenters. The quantitative estimate of drug-likeness (QED) is 0.470. The molecule has 0 fully saturated rings. The minimum atomic E-state index is -1.07. The molecule has 0 unspecified atom stereocenters. The van der Waals surface area contributed by atoms with Crippen molar-refractivity contribution in [1.29, 1.82) is 0 Å². The van der Waals surface area contributed by atoms with Crippen LogP contribution in [0.25, 0.3) is 0 Å². The van der Waals surface area contributed by atoms with E-state index in [0.29, 0.717) is 30.9 Å². The number of rotatable bonds is 9. The zero-order valence-electron chi connectivity index (χ0n) is 17.3. The Hall–Kier alpha value is -3.01. The van der Waals surface area contributed by atoms with Gasteiger partial charge in [0.25, 0.3) is 0 Å². The number of benzene rings is 1. The molecule has 4 rings (SSSR count). The number of anilines is 2. The number of aromatic carboxylic acids is 1. The minimum absolute atomic E-state index is 0.0740. The van der Waals surface area contributed by atoms with E-state index in [1.165, 1.54) is 21.9 Å². The summed E-state index contributed by atoms with van der Waals surface area (Å²) in [4.78, 5) is 42.8. The van der Waals surface area contributed by atoms with Gasteiger partial charge in [-0.25, -0.2) is 4.79 Å². The monoisotopic (exact) mass is 469 g/mol. The summed E-state index contributed by atoms with van der Waals surface area (Å²) in [5.41, 5.74) is 1.11. The SMILES string of the molecule is O=C(O)c1ccc2c(c1)N(C(=O)CNCCc1cccs1)CC(=O)N2CCc1cccs1. The summed E-state index contributed by atoms with van der Waals surface area (Å²) in [6.45, 7) is 1.08. The second-order valence-electron chi connectivity index (χ2n) is 7.37. The van der Waals surface area contributed by atoms with Gasteiger partial charge in [0.2, 0.25) is 11.8 Å². The first-order valence-corrected chi connectivity index (χ1v) is 12.0. The number of carboxylic acids is 1. The number of fused-ring (bicyclic) bond motifs is 1. The number of nitrogens with one attached hydrogen (secondary N) is 1. The van der Waals surface area contributed by atoms with Gasteiger partial charge in [-0.15, -0.1) is 22.7 Å². The third kappa shape index (κ3) is 5.07. The van der Waals surface area contributed by atoms with E-state index in [2.05, 4.69) is 5.32 Å². The van der Waals surface area contributed by atoms with Gasteiger partial charge in [0.1, 0.15) is 6.54 Å². The first-order chi connectivity index (χ1) is 15.5. The molecule has 0 saturated carbocycles. The molecule has 0 spiro atoms. The van der Waals surface area contributed by atoms with Gasteiger partial charge in [-0.05, 0) is 53.9 Å². The van der Waals surface area contributed by atoms with Crippen LogP contribution in [0.15, 0.2) is 53.2 Å². The van der Waals surface area contributed by atoms with Gasteiger partial charge in [0.15, 0.2) is 0 Å². The molecule has 2 amide bonds. The number of amides is 2. The van der Waals surface area contributed by atoms with Crippen LogP contribution in [0.4, 0.5) is 11.4 Å². The topological polar surface area (TPSA) is 90.0 Å². The van der Waals surface area contributed by atoms with E-state index in [9.17, 15) is 19.5 Å². The van der Waals surface area contributed by atoms with Gasteiger partial charge in [0.05, 0.1) is 23.5 Å². The third-order valence-electron chi connectivity index (χ3n) is 5.27. The lowest BCUT2D eigenvalue weighted by molar-refractivity contribution is -0.122. The fraction of sp³-hybridized carbons (Fsp3) is 0.261. The second-order valence-corrected chi connectivity index (χ2v) is 9.43. The molecule has 0 saturated heterocycles. The maximum Gasteiger partial charge on any atom is 0.335 e. The van der Waals surface area contributed by atoms with Crippen molar-refractivity contribution in [3.63, 3.8) is 0 Å². The standard InChI is InChI=1S/C23H23N3O4S2/c27-21(14-24-9-7-17-3-1-11-31-17)26-15-22(28)25(10-8-18-4-2-12-32-18)19-6-5-16(23(29)30)13-20(19)26/h1-6,11-13,24H,7-10,14-15H2,(H,29,30). The van der Waals surface area contributed by atoms with E-state index in [1.807, 2.05) is 35.0 Å². The minimum Gasteiger partial charge on any atom is -0.478 e. The van der Waals surface area contributed by atoms with Crippen LogP contribution in [0, 0.1) is 0 Å². The Morgan fingerprint density at radius 1 is 1.00 bits per heavy atom. The fourth-order valence-electron chi connectivity index (χ4n) is 3.64. The Balaban J connectivity index is 1.49. The lowest BCUT2D eigenvalue weighted by Gasteiger charge is -2.36. The van der Waals surface area contributed by atoms with Crippen molar-refractivity contribution in [3.8, 4) is 0 Å². The maximum absolute atomic E-state index is 12.9. The van der Waals surface area contributed by atoms with Crippen molar-refractivity contribution in [3.05, 3.63) is 68.5 Å². The summed E-state index contributed by atoms with van der Waals surface area (Å²) in [6, 6.07) is 12.6. The highest BCUT2D eigenvalue weighted by Crippen LogP contribution is 2.35. The molecular weight excluding hydrogens is 446 g/mol. The number of hydrogen-bond acceptors (Lipinski definition) is 6. The van der Waals surface area contributed by atoms with E-state index in [0.717, 1.165) is 11.3 Å². The molecule has 0 radical (unpaired) electrons. The molecule has 1 aliphatic heterocycles. The number of hydrogen-bond donors (Lipinski definition) is 2.